The van der Waals surface area contributed by atoms with Gasteiger partial charge in [-0.25, -0.2) is 8.42 Å². The minimum atomic E-state index is -3.54. The van der Waals surface area contributed by atoms with Crippen molar-refractivity contribution in [3.05, 3.63) is 28.3 Å². The molecule has 1 saturated heterocycles. The van der Waals surface area contributed by atoms with Crippen LogP contribution in [0.15, 0.2) is 17.0 Å². The van der Waals surface area contributed by atoms with Gasteiger partial charge in [0.25, 0.3) is 0 Å². The largest absolute Gasteiger partial charge is 0.326 e. The van der Waals surface area contributed by atoms with Crippen molar-refractivity contribution in [3.63, 3.8) is 0 Å². The van der Waals surface area contributed by atoms with Crippen LogP contribution >= 0.6 is 11.6 Å². The van der Waals surface area contributed by atoms with Gasteiger partial charge in [0.1, 0.15) is 0 Å². The monoisotopic (exact) mass is 330 g/mol. The van der Waals surface area contributed by atoms with Gasteiger partial charge in [0.15, 0.2) is 0 Å². The normalized spacial score (nSPS) is 24.2. The van der Waals surface area contributed by atoms with Gasteiger partial charge >= 0.3 is 0 Å². The quantitative estimate of drug-likeness (QED) is 0.926. The van der Waals surface area contributed by atoms with Gasteiger partial charge in [-0.3, -0.25) is 0 Å². The first kappa shape index (κ1) is 16.7. The van der Waals surface area contributed by atoms with Gasteiger partial charge in [0.2, 0.25) is 10.0 Å². The highest BCUT2D eigenvalue weighted by molar-refractivity contribution is 7.89. The second-order valence-corrected chi connectivity index (χ2v) is 8.16. The molecule has 2 N–H and O–H groups in total. The molecule has 4 nitrogen and oxygen atoms in total. The predicted molar refractivity (Wildman–Crippen MR) is 85.8 cm³/mol. The Labute approximate surface area is 132 Å². The summed E-state index contributed by atoms with van der Waals surface area (Å²) in [5.41, 5.74) is 7.17. The lowest BCUT2D eigenvalue weighted by atomic mass is 9.94. The van der Waals surface area contributed by atoms with Crippen LogP contribution in [0.25, 0.3) is 0 Å². The van der Waals surface area contributed by atoms with Crippen LogP contribution in [0.4, 0.5) is 0 Å². The summed E-state index contributed by atoms with van der Waals surface area (Å²) in [6.45, 7) is 6.72. The molecule has 0 bridgehead atoms. The van der Waals surface area contributed by atoms with Crippen LogP contribution < -0.4 is 5.73 Å². The highest BCUT2D eigenvalue weighted by atomic mass is 35.5. The molecule has 0 aromatic heterocycles. The fraction of sp³-hybridized carbons (Fsp3) is 0.600. The number of rotatable bonds is 3. The predicted octanol–water partition coefficient (Wildman–Crippen LogP) is 2.92. The Kier molecular flexibility index (Phi) is 4.98. The molecular formula is C15H23ClN2O2S. The van der Waals surface area contributed by atoms with Crippen molar-refractivity contribution in [2.75, 3.05) is 6.54 Å². The number of halogens is 1. The summed E-state index contributed by atoms with van der Waals surface area (Å²) >= 11 is 6.07. The molecule has 0 radical (unpaired) electrons. The lowest BCUT2D eigenvalue weighted by Crippen LogP contribution is -2.46. The topological polar surface area (TPSA) is 63.4 Å². The molecule has 0 spiro atoms. The highest BCUT2D eigenvalue weighted by Crippen LogP contribution is 2.32. The Balaban J connectivity index is 2.51. The summed E-state index contributed by atoms with van der Waals surface area (Å²) < 4.78 is 27.6. The maximum absolute atomic E-state index is 13.0. The summed E-state index contributed by atoms with van der Waals surface area (Å²) in [4.78, 5) is 0.288. The van der Waals surface area contributed by atoms with Crippen molar-refractivity contribution < 1.29 is 8.42 Å². The Morgan fingerprint density at radius 1 is 1.38 bits per heavy atom. The molecule has 1 aliphatic rings. The standard InChI is InChI=1S/C15H23ClN2O2S/c1-10-5-4-6-18(12(10)3)21(19,20)15-8-14(16)7-13(9-17)11(15)2/h7-8,10,12H,4-6,9,17H2,1-3H3. The molecule has 6 heteroatoms. The Bertz CT molecular complexity index is 631. The number of benzene rings is 1. The zero-order chi connectivity index (χ0) is 15.8. The average Bonchev–Trinajstić information content (AvgIpc) is 2.43. The minimum absolute atomic E-state index is 0.00320. The van der Waals surface area contributed by atoms with E-state index < -0.39 is 10.0 Å². The first-order chi connectivity index (χ1) is 9.78. The molecule has 118 valence electrons. The van der Waals surface area contributed by atoms with Crippen molar-refractivity contribution >= 4 is 21.6 Å². The van der Waals surface area contributed by atoms with Gasteiger partial charge in [-0.2, -0.15) is 4.31 Å². The van der Waals surface area contributed by atoms with E-state index in [1.165, 1.54) is 6.07 Å². The Hall–Kier alpha value is -0.620. The summed E-state index contributed by atoms with van der Waals surface area (Å²) in [6, 6.07) is 3.28. The van der Waals surface area contributed by atoms with Crippen molar-refractivity contribution in [2.45, 2.75) is 51.1 Å². The summed E-state index contributed by atoms with van der Waals surface area (Å²) in [6.07, 6.45) is 1.96. The smallest absolute Gasteiger partial charge is 0.243 e. The van der Waals surface area contributed by atoms with Crippen molar-refractivity contribution in [3.8, 4) is 0 Å². The molecule has 2 atom stereocenters. The van der Waals surface area contributed by atoms with Crippen LogP contribution in [-0.4, -0.2) is 25.3 Å². The van der Waals surface area contributed by atoms with Crippen LogP contribution in [0, 0.1) is 12.8 Å². The number of sulfonamides is 1. The van der Waals surface area contributed by atoms with Gasteiger partial charge in [0, 0.05) is 24.2 Å². The summed E-state index contributed by atoms with van der Waals surface area (Å²) in [5.74, 6) is 0.363. The van der Waals surface area contributed by atoms with Crippen LogP contribution in [0.2, 0.25) is 5.02 Å². The van der Waals surface area contributed by atoms with E-state index in [1.54, 1.807) is 17.3 Å². The van der Waals surface area contributed by atoms with E-state index in [1.807, 2.05) is 6.92 Å². The van der Waals surface area contributed by atoms with Crippen molar-refractivity contribution in [1.29, 1.82) is 0 Å². The highest BCUT2D eigenvalue weighted by Gasteiger charge is 2.35. The molecule has 0 amide bonds. The molecule has 1 aromatic rings. The fourth-order valence-electron chi connectivity index (χ4n) is 2.95. The SMILES string of the molecule is Cc1c(CN)cc(Cl)cc1S(=O)(=O)N1CCCC(C)C1C. The summed E-state index contributed by atoms with van der Waals surface area (Å²) in [5, 5.41) is 0.414. The van der Waals surface area contributed by atoms with E-state index >= 15 is 0 Å². The number of hydrogen-bond donors (Lipinski definition) is 1. The van der Waals surface area contributed by atoms with E-state index in [0.29, 0.717) is 23.0 Å². The summed E-state index contributed by atoms with van der Waals surface area (Å²) in [7, 11) is -3.54. The van der Waals surface area contributed by atoms with E-state index in [-0.39, 0.29) is 17.5 Å². The van der Waals surface area contributed by atoms with Crippen LogP contribution in [-0.2, 0) is 16.6 Å². The van der Waals surface area contributed by atoms with E-state index in [0.717, 1.165) is 18.4 Å². The molecule has 2 rings (SSSR count). The third-order valence-electron chi connectivity index (χ3n) is 4.55. The van der Waals surface area contributed by atoms with E-state index in [4.69, 9.17) is 17.3 Å². The van der Waals surface area contributed by atoms with Crippen molar-refractivity contribution in [1.82, 2.24) is 4.31 Å². The fourth-order valence-corrected chi connectivity index (χ4v) is 5.32. The second kappa shape index (κ2) is 6.24. The molecule has 1 fully saturated rings. The molecule has 21 heavy (non-hydrogen) atoms. The van der Waals surface area contributed by atoms with Crippen LogP contribution in [0.1, 0.15) is 37.8 Å². The molecule has 1 aromatic carbocycles. The van der Waals surface area contributed by atoms with Gasteiger partial charge in [-0.15, -0.1) is 0 Å². The van der Waals surface area contributed by atoms with Crippen molar-refractivity contribution in [2.24, 2.45) is 11.7 Å². The Morgan fingerprint density at radius 2 is 2.05 bits per heavy atom. The number of nitrogens with two attached hydrogens (primary N) is 1. The maximum atomic E-state index is 13.0. The molecule has 0 aliphatic carbocycles. The lowest BCUT2D eigenvalue weighted by Gasteiger charge is -2.37. The van der Waals surface area contributed by atoms with Gasteiger partial charge < -0.3 is 5.73 Å². The maximum Gasteiger partial charge on any atom is 0.243 e. The Morgan fingerprint density at radius 3 is 2.67 bits per heavy atom. The first-order valence-electron chi connectivity index (χ1n) is 7.30. The van der Waals surface area contributed by atoms with Gasteiger partial charge in [-0.05, 0) is 55.9 Å². The van der Waals surface area contributed by atoms with E-state index in [2.05, 4.69) is 6.92 Å². The zero-order valence-electron chi connectivity index (χ0n) is 12.8. The third kappa shape index (κ3) is 3.11. The van der Waals surface area contributed by atoms with Crippen LogP contribution in [0.5, 0.6) is 0 Å². The minimum Gasteiger partial charge on any atom is -0.326 e. The number of hydrogen-bond acceptors (Lipinski definition) is 3. The van der Waals surface area contributed by atoms with E-state index in [9.17, 15) is 8.42 Å². The van der Waals surface area contributed by atoms with Crippen LogP contribution in [0.3, 0.4) is 0 Å². The molecule has 1 aliphatic heterocycles. The first-order valence-corrected chi connectivity index (χ1v) is 9.11. The van der Waals surface area contributed by atoms with Gasteiger partial charge in [0.05, 0.1) is 4.90 Å². The number of piperidine rings is 1. The molecule has 0 saturated carbocycles. The average molecular weight is 331 g/mol. The van der Waals surface area contributed by atoms with Gasteiger partial charge in [-0.1, -0.05) is 18.5 Å². The molecule has 1 heterocycles. The third-order valence-corrected chi connectivity index (χ3v) is 6.89. The zero-order valence-corrected chi connectivity index (χ0v) is 14.3. The number of nitrogens with zero attached hydrogens (tertiary/aromatic N) is 1. The second-order valence-electron chi connectivity index (χ2n) is 5.87. The lowest BCUT2D eigenvalue weighted by molar-refractivity contribution is 0.202. The molecule has 2 unspecified atom stereocenters. The molecular weight excluding hydrogens is 308 g/mol.